The van der Waals surface area contributed by atoms with Crippen molar-refractivity contribution in [1.29, 1.82) is 0 Å². The fourth-order valence-corrected chi connectivity index (χ4v) is 5.56. The number of rotatable bonds is 4. The highest BCUT2D eigenvalue weighted by Crippen LogP contribution is 2.55. The highest BCUT2D eigenvalue weighted by Gasteiger charge is 2.53. The molecule has 3 N–H and O–H groups in total. The van der Waals surface area contributed by atoms with E-state index in [9.17, 15) is 9.59 Å². The van der Waals surface area contributed by atoms with Gasteiger partial charge in [0.15, 0.2) is 6.10 Å². The van der Waals surface area contributed by atoms with Gasteiger partial charge in [-0.3, -0.25) is 4.79 Å². The summed E-state index contributed by atoms with van der Waals surface area (Å²) in [6, 6.07) is 7.60. The summed E-state index contributed by atoms with van der Waals surface area (Å²) in [4.78, 5) is 22.0. The summed E-state index contributed by atoms with van der Waals surface area (Å²) in [5.41, 5.74) is 3.67. The van der Waals surface area contributed by atoms with Gasteiger partial charge in [-0.25, -0.2) is 4.79 Å². The molecule has 1 aromatic carbocycles. The van der Waals surface area contributed by atoms with Crippen LogP contribution in [0, 0.1) is 5.92 Å². The molecule has 7 heteroatoms. The number of fused-ring (bicyclic) bond motifs is 1. The molecule has 4 atom stereocenters. The Hall–Kier alpha value is -2.12. The molecule has 2 bridgehead atoms. The molecule has 1 aromatic rings. The molecule has 0 spiro atoms. The van der Waals surface area contributed by atoms with Crippen LogP contribution in [-0.4, -0.2) is 65.0 Å². The number of methoxy groups -OCH3 is 1. The molecule has 4 rings (SSSR count). The van der Waals surface area contributed by atoms with Crippen LogP contribution in [-0.2, 0) is 21.4 Å². The number of hydrogen-bond acceptors (Lipinski definition) is 5. The van der Waals surface area contributed by atoms with E-state index in [1.54, 1.807) is 18.2 Å². The standard InChI is InChI=1S/C18H25NO.C4H6O5/c1-19-10-9-18-8-4-3-5-15(18)17(19)11-13-6-7-14(20-2)12-16(13)18;5-2(4(8)9)1-3(6)7/h6-7,12,15,17H,3-5,8-11H2,1-2H3;2,5H,1H2,(H,6,7)(H,8,9)/t15-,17+,18+;/m1./s1. The van der Waals surface area contributed by atoms with Crippen molar-refractivity contribution < 1.29 is 29.6 Å². The number of aliphatic carboxylic acids is 2. The lowest BCUT2D eigenvalue weighted by atomic mass is 9.52. The fraction of sp³-hybridized carbons (Fsp3) is 0.636. The Kier molecular flexibility index (Phi) is 6.49. The van der Waals surface area contributed by atoms with Crippen LogP contribution in [0.25, 0.3) is 0 Å². The predicted molar refractivity (Wildman–Crippen MR) is 107 cm³/mol. The Morgan fingerprint density at radius 2 is 2.03 bits per heavy atom. The average Bonchev–Trinajstić information content (AvgIpc) is 2.70. The van der Waals surface area contributed by atoms with Crippen molar-refractivity contribution in [2.24, 2.45) is 5.92 Å². The number of carbonyl (C=O) groups is 2. The van der Waals surface area contributed by atoms with E-state index in [0.29, 0.717) is 5.41 Å². The van der Waals surface area contributed by atoms with E-state index in [0.717, 1.165) is 17.7 Å². The maximum absolute atomic E-state index is 9.72. The number of nitrogens with zero attached hydrogens (tertiary/aromatic N) is 1. The van der Waals surface area contributed by atoms with Gasteiger partial charge in [-0.2, -0.15) is 0 Å². The SMILES string of the molecule is COc1ccc2c(c1)[C@]13CCCC[C@@H]1[C@H](C2)N(C)CC3.O=C(O)CC(O)C(=O)O. The maximum atomic E-state index is 9.72. The van der Waals surface area contributed by atoms with E-state index in [-0.39, 0.29) is 0 Å². The van der Waals surface area contributed by atoms with Crippen LogP contribution in [0.3, 0.4) is 0 Å². The molecule has 1 saturated heterocycles. The topological polar surface area (TPSA) is 107 Å². The minimum absolute atomic E-state index is 0.456. The molecular weight excluding hydrogens is 374 g/mol. The van der Waals surface area contributed by atoms with Crippen molar-refractivity contribution in [3.8, 4) is 5.75 Å². The number of likely N-dealkylation sites (N-methyl/N-ethyl adjacent to an activating group) is 1. The van der Waals surface area contributed by atoms with Gasteiger partial charge in [0.05, 0.1) is 13.5 Å². The Morgan fingerprint density at radius 1 is 1.28 bits per heavy atom. The van der Waals surface area contributed by atoms with E-state index in [1.807, 2.05) is 0 Å². The predicted octanol–water partition coefficient (Wildman–Crippen LogP) is 2.29. The molecule has 0 aromatic heterocycles. The van der Waals surface area contributed by atoms with Gasteiger partial charge in [0, 0.05) is 11.5 Å². The van der Waals surface area contributed by atoms with Crippen molar-refractivity contribution in [2.75, 3.05) is 20.7 Å². The molecule has 1 heterocycles. The normalized spacial score (nSPS) is 28.8. The lowest BCUT2D eigenvalue weighted by Crippen LogP contribution is -2.59. The second-order valence-corrected chi connectivity index (χ2v) is 8.49. The highest BCUT2D eigenvalue weighted by molar-refractivity contribution is 5.79. The van der Waals surface area contributed by atoms with E-state index in [1.165, 1.54) is 45.1 Å². The van der Waals surface area contributed by atoms with Crippen molar-refractivity contribution in [3.05, 3.63) is 29.3 Å². The molecule has 3 aliphatic rings. The van der Waals surface area contributed by atoms with Gasteiger partial charge in [0.1, 0.15) is 5.75 Å². The Morgan fingerprint density at radius 3 is 2.66 bits per heavy atom. The minimum Gasteiger partial charge on any atom is -0.497 e. The van der Waals surface area contributed by atoms with E-state index in [2.05, 4.69) is 30.1 Å². The van der Waals surface area contributed by atoms with Gasteiger partial charge < -0.3 is 25.0 Å². The Labute approximate surface area is 171 Å². The summed E-state index contributed by atoms with van der Waals surface area (Å²) in [5, 5.41) is 24.1. The van der Waals surface area contributed by atoms with Gasteiger partial charge in [-0.05, 0) is 68.5 Å². The molecule has 2 aliphatic carbocycles. The van der Waals surface area contributed by atoms with Crippen LogP contribution in [0.1, 0.15) is 49.7 Å². The third-order valence-corrected chi connectivity index (χ3v) is 6.97. The van der Waals surface area contributed by atoms with Gasteiger partial charge in [-0.1, -0.05) is 18.9 Å². The number of aliphatic hydroxyl groups excluding tert-OH is 1. The second-order valence-electron chi connectivity index (χ2n) is 8.49. The summed E-state index contributed by atoms with van der Waals surface area (Å²) in [5.74, 6) is -0.934. The van der Waals surface area contributed by atoms with Crippen LogP contribution >= 0.6 is 0 Å². The smallest absolute Gasteiger partial charge is 0.333 e. The van der Waals surface area contributed by atoms with E-state index in [4.69, 9.17) is 20.1 Å². The molecule has 1 aliphatic heterocycles. The first kappa shape index (κ1) is 21.6. The second kappa shape index (κ2) is 8.71. The van der Waals surface area contributed by atoms with Crippen LogP contribution < -0.4 is 4.74 Å². The molecule has 7 nitrogen and oxygen atoms in total. The summed E-state index contributed by atoms with van der Waals surface area (Å²) in [6.07, 6.45) is 5.68. The quantitative estimate of drug-likeness (QED) is 0.705. The third-order valence-electron chi connectivity index (χ3n) is 6.97. The van der Waals surface area contributed by atoms with Crippen molar-refractivity contribution >= 4 is 11.9 Å². The minimum atomic E-state index is -1.79. The van der Waals surface area contributed by atoms with Crippen LogP contribution in [0.2, 0.25) is 0 Å². The lowest BCUT2D eigenvalue weighted by Gasteiger charge is -2.58. The molecule has 160 valence electrons. The maximum Gasteiger partial charge on any atom is 0.333 e. The molecule has 0 radical (unpaired) electrons. The summed E-state index contributed by atoms with van der Waals surface area (Å²) < 4.78 is 5.51. The monoisotopic (exact) mass is 405 g/mol. The largest absolute Gasteiger partial charge is 0.497 e. The Balaban J connectivity index is 0.000000229. The zero-order chi connectivity index (χ0) is 21.2. The average molecular weight is 405 g/mol. The van der Waals surface area contributed by atoms with Gasteiger partial charge >= 0.3 is 11.9 Å². The van der Waals surface area contributed by atoms with Crippen molar-refractivity contribution in [3.63, 3.8) is 0 Å². The fourth-order valence-electron chi connectivity index (χ4n) is 5.56. The van der Waals surface area contributed by atoms with Crippen molar-refractivity contribution in [2.45, 2.75) is 62.5 Å². The third kappa shape index (κ3) is 4.26. The number of carboxylic acid groups (broad SMARTS) is 2. The molecule has 1 saturated carbocycles. The number of carboxylic acids is 2. The van der Waals surface area contributed by atoms with E-state index >= 15 is 0 Å². The molecular formula is C22H31NO6. The zero-order valence-electron chi connectivity index (χ0n) is 17.1. The number of likely N-dealkylation sites (tertiary alicyclic amines) is 1. The van der Waals surface area contributed by atoms with E-state index < -0.39 is 24.5 Å². The van der Waals surface area contributed by atoms with Gasteiger partial charge in [-0.15, -0.1) is 0 Å². The highest BCUT2D eigenvalue weighted by atomic mass is 16.5. The number of piperidine rings is 1. The van der Waals surface area contributed by atoms with Crippen LogP contribution in [0.4, 0.5) is 0 Å². The molecule has 0 amide bonds. The summed E-state index contributed by atoms with van der Waals surface area (Å²) in [7, 11) is 4.12. The first-order valence-electron chi connectivity index (χ1n) is 10.3. The van der Waals surface area contributed by atoms with Gasteiger partial charge in [0.2, 0.25) is 0 Å². The summed E-state index contributed by atoms with van der Waals surface area (Å²) >= 11 is 0. The molecule has 2 fully saturated rings. The summed E-state index contributed by atoms with van der Waals surface area (Å²) in [6.45, 7) is 1.26. The van der Waals surface area contributed by atoms with Gasteiger partial charge in [0.25, 0.3) is 0 Å². The van der Waals surface area contributed by atoms with Crippen LogP contribution in [0.5, 0.6) is 5.75 Å². The van der Waals surface area contributed by atoms with Crippen LogP contribution in [0.15, 0.2) is 18.2 Å². The number of aliphatic hydroxyl groups is 1. The zero-order valence-corrected chi connectivity index (χ0v) is 17.1. The Bertz CT molecular complexity index is 766. The van der Waals surface area contributed by atoms with Crippen molar-refractivity contribution in [1.82, 2.24) is 4.90 Å². The first-order chi connectivity index (χ1) is 13.8. The lowest BCUT2D eigenvalue weighted by molar-refractivity contribution is -0.152. The number of benzene rings is 1. The molecule has 1 unspecified atom stereocenters. The molecule has 29 heavy (non-hydrogen) atoms. The number of ether oxygens (including phenoxy) is 1. The number of hydrogen-bond donors (Lipinski definition) is 3. The first-order valence-corrected chi connectivity index (χ1v) is 10.3.